The molecule has 1 aliphatic heterocycles. The highest BCUT2D eigenvalue weighted by Crippen LogP contribution is 2.56. The number of hydrogen-bond donors (Lipinski definition) is 0. The standard InChI is InChI=1S/C28H30FNO2/c1-31-22-14-10-19(11-15-22)25-18-30-26-23(25)6-5-7-24(26)27(20-8-12-21(29)13-9-20)32-28(30)16-3-2-4-17-28/h8-15,18,24,27H,2-7,16-17H2,1H3. The molecule has 2 aliphatic carbocycles. The van der Waals surface area contributed by atoms with Crippen LogP contribution in [-0.4, -0.2) is 11.7 Å². The van der Waals surface area contributed by atoms with Gasteiger partial charge in [0.2, 0.25) is 0 Å². The summed E-state index contributed by atoms with van der Waals surface area (Å²) in [7, 11) is 1.71. The molecule has 166 valence electrons. The van der Waals surface area contributed by atoms with E-state index >= 15 is 0 Å². The summed E-state index contributed by atoms with van der Waals surface area (Å²) >= 11 is 0. The van der Waals surface area contributed by atoms with E-state index in [1.165, 1.54) is 41.6 Å². The van der Waals surface area contributed by atoms with Crippen LogP contribution in [0, 0.1) is 5.82 Å². The fourth-order valence-corrected chi connectivity index (χ4v) is 6.30. The van der Waals surface area contributed by atoms with Gasteiger partial charge in [-0.25, -0.2) is 4.39 Å². The van der Waals surface area contributed by atoms with Gasteiger partial charge in [0.25, 0.3) is 0 Å². The molecule has 1 fully saturated rings. The smallest absolute Gasteiger partial charge is 0.145 e. The molecule has 2 aromatic carbocycles. The first kappa shape index (κ1) is 20.0. The van der Waals surface area contributed by atoms with E-state index < -0.39 is 0 Å². The number of methoxy groups -OCH3 is 1. The van der Waals surface area contributed by atoms with Crippen LogP contribution in [0.2, 0.25) is 0 Å². The van der Waals surface area contributed by atoms with Crippen molar-refractivity contribution in [1.82, 2.24) is 4.57 Å². The van der Waals surface area contributed by atoms with Crippen molar-refractivity contribution >= 4 is 0 Å². The molecule has 0 N–H and O–H groups in total. The van der Waals surface area contributed by atoms with Gasteiger partial charge in [-0.1, -0.05) is 30.7 Å². The topological polar surface area (TPSA) is 23.4 Å². The Labute approximate surface area is 189 Å². The summed E-state index contributed by atoms with van der Waals surface area (Å²) < 4.78 is 28.7. The van der Waals surface area contributed by atoms with Crippen LogP contribution in [0.4, 0.5) is 4.39 Å². The Hall–Kier alpha value is -2.59. The SMILES string of the molecule is COc1ccc(-c2cn3c4c2CCCC4C(c2ccc(F)cc2)OC32CCCCC2)cc1. The third-order valence-electron chi connectivity index (χ3n) is 7.83. The largest absolute Gasteiger partial charge is 0.497 e. The highest BCUT2D eigenvalue weighted by molar-refractivity contribution is 5.70. The molecule has 3 nitrogen and oxygen atoms in total. The van der Waals surface area contributed by atoms with E-state index in [0.717, 1.165) is 43.4 Å². The van der Waals surface area contributed by atoms with Gasteiger partial charge in [0.1, 0.15) is 17.3 Å². The van der Waals surface area contributed by atoms with Crippen molar-refractivity contribution in [3.05, 3.63) is 77.4 Å². The molecule has 2 atom stereocenters. The molecule has 0 radical (unpaired) electrons. The molecule has 1 spiro atoms. The number of halogens is 1. The Morgan fingerprint density at radius 1 is 0.969 bits per heavy atom. The molecule has 6 rings (SSSR count). The lowest BCUT2D eigenvalue weighted by Crippen LogP contribution is -2.46. The Bertz CT molecular complexity index is 1110. The summed E-state index contributed by atoms with van der Waals surface area (Å²) in [5.41, 5.74) is 6.33. The summed E-state index contributed by atoms with van der Waals surface area (Å²) in [5, 5.41) is 0. The lowest BCUT2D eigenvalue weighted by molar-refractivity contribution is -0.198. The highest BCUT2D eigenvalue weighted by atomic mass is 19.1. The normalized spacial score (nSPS) is 23.7. The Morgan fingerprint density at radius 3 is 2.44 bits per heavy atom. The van der Waals surface area contributed by atoms with E-state index in [0.29, 0.717) is 5.92 Å². The zero-order chi connectivity index (χ0) is 21.7. The minimum absolute atomic E-state index is 0.0149. The van der Waals surface area contributed by atoms with Crippen LogP contribution in [0.3, 0.4) is 0 Å². The minimum atomic E-state index is -0.292. The quantitative estimate of drug-likeness (QED) is 0.441. The predicted octanol–water partition coefficient (Wildman–Crippen LogP) is 7.11. The van der Waals surface area contributed by atoms with Gasteiger partial charge in [0.15, 0.2) is 0 Å². The van der Waals surface area contributed by atoms with Gasteiger partial charge in [-0.2, -0.15) is 0 Å². The zero-order valence-corrected chi connectivity index (χ0v) is 18.6. The van der Waals surface area contributed by atoms with E-state index in [4.69, 9.17) is 9.47 Å². The van der Waals surface area contributed by atoms with E-state index in [1.54, 1.807) is 19.2 Å². The minimum Gasteiger partial charge on any atom is -0.497 e. The van der Waals surface area contributed by atoms with Crippen LogP contribution in [-0.2, 0) is 16.9 Å². The molecular formula is C28H30FNO2. The second kappa shape index (κ2) is 7.77. The third-order valence-corrected chi connectivity index (χ3v) is 7.83. The third kappa shape index (κ3) is 3.11. The van der Waals surface area contributed by atoms with Crippen molar-refractivity contribution in [1.29, 1.82) is 0 Å². The van der Waals surface area contributed by atoms with Crippen LogP contribution in [0.15, 0.2) is 54.7 Å². The molecule has 3 aromatic rings. The molecule has 1 saturated carbocycles. The van der Waals surface area contributed by atoms with E-state index in [9.17, 15) is 4.39 Å². The molecule has 0 saturated heterocycles. The molecule has 0 bridgehead atoms. The average molecular weight is 432 g/mol. The molecule has 2 heterocycles. The number of aromatic nitrogens is 1. The van der Waals surface area contributed by atoms with Crippen molar-refractivity contribution in [3.8, 4) is 16.9 Å². The van der Waals surface area contributed by atoms with Crippen LogP contribution < -0.4 is 4.74 Å². The Kier molecular flexibility index (Phi) is 4.87. The fourth-order valence-electron chi connectivity index (χ4n) is 6.30. The Morgan fingerprint density at radius 2 is 1.72 bits per heavy atom. The maximum atomic E-state index is 13.7. The van der Waals surface area contributed by atoms with Crippen molar-refractivity contribution in [3.63, 3.8) is 0 Å². The lowest BCUT2D eigenvalue weighted by atomic mass is 9.77. The number of rotatable bonds is 3. The van der Waals surface area contributed by atoms with Gasteiger partial charge in [-0.3, -0.25) is 0 Å². The summed E-state index contributed by atoms with van der Waals surface area (Å²) in [4.78, 5) is 0. The fraction of sp³-hybridized carbons (Fsp3) is 0.429. The van der Waals surface area contributed by atoms with Gasteiger partial charge < -0.3 is 14.0 Å². The van der Waals surface area contributed by atoms with Gasteiger partial charge >= 0.3 is 0 Å². The average Bonchev–Trinajstić information content (AvgIpc) is 3.25. The summed E-state index contributed by atoms with van der Waals surface area (Å²) in [6, 6.07) is 15.4. The van der Waals surface area contributed by atoms with Gasteiger partial charge in [-0.05, 0) is 85.9 Å². The summed E-state index contributed by atoms with van der Waals surface area (Å²) in [6.45, 7) is 0. The Balaban J connectivity index is 1.52. The van der Waals surface area contributed by atoms with E-state index in [2.05, 4.69) is 22.9 Å². The second-order valence-corrected chi connectivity index (χ2v) is 9.60. The van der Waals surface area contributed by atoms with Crippen LogP contribution >= 0.6 is 0 Å². The zero-order valence-electron chi connectivity index (χ0n) is 18.6. The summed E-state index contributed by atoms with van der Waals surface area (Å²) in [6.07, 6.45) is 11.4. The first-order chi connectivity index (χ1) is 15.7. The number of nitrogens with zero attached hydrogens (tertiary/aromatic N) is 1. The van der Waals surface area contributed by atoms with Gasteiger partial charge in [-0.15, -0.1) is 0 Å². The van der Waals surface area contributed by atoms with Gasteiger partial charge in [0.05, 0.1) is 13.2 Å². The van der Waals surface area contributed by atoms with Crippen LogP contribution in [0.25, 0.3) is 11.1 Å². The highest BCUT2D eigenvalue weighted by Gasteiger charge is 2.48. The predicted molar refractivity (Wildman–Crippen MR) is 123 cm³/mol. The maximum absolute atomic E-state index is 13.7. The monoisotopic (exact) mass is 431 g/mol. The van der Waals surface area contributed by atoms with Crippen molar-refractivity contribution < 1.29 is 13.9 Å². The van der Waals surface area contributed by atoms with E-state index in [1.807, 2.05) is 24.3 Å². The van der Waals surface area contributed by atoms with E-state index in [-0.39, 0.29) is 17.6 Å². The lowest BCUT2D eigenvalue weighted by Gasteiger charge is -2.50. The number of benzene rings is 2. The molecule has 2 unspecified atom stereocenters. The second-order valence-electron chi connectivity index (χ2n) is 9.60. The van der Waals surface area contributed by atoms with Crippen molar-refractivity contribution in [2.75, 3.05) is 7.11 Å². The first-order valence-corrected chi connectivity index (χ1v) is 12.0. The van der Waals surface area contributed by atoms with Crippen LogP contribution in [0.1, 0.15) is 73.8 Å². The maximum Gasteiger partial charge on any atom is 0.145 e. The van der Waals surface area contributed by atoms with Crippen molar-refractivity contribution in [2.45, 2.75) is 69.1 Å². The number of ether oxygens (including phenoxy) is 2. The first-order valence-electron chi connectivity index (χ1n) is 12.0. The molecule has 1 aromatic heterocycles. The molecular weight excluding hydrogens is 401 g/mol. The number of fused-ring (bicyclic) bond motifs is 1. The molecule has 32 heavy (non-hydrogen) atoms. The van der Waals surface area contributed by atoms with Gasteiger partial charge in [0, 0.05) is 23.4 Å². The van der Waals surface area contributed by atoms with Crippen LogP contribution in [0.5, 0.6) is 5.75 Å². The van der Waals surface area contributed by atoms with Crippen molar-refractivity contribution in [2.24, 2.45) is 0 Å². The number of hydrogen-bond acceptors (Lipinski definition) is 2. The molecule has 0 amide bonds. The summed E-state index contributed by atoms with van der Waals surface area (Å²) in [5.74, 6) is 1.00. The molecule has 3 aliphatic rings. The molecule has 4 heteroatoms.